The van der Waals surface area contributed by atoms with Gasteiger partial charge in [-0.2, -0.15) is 0 Å². The first-order valence-corrected chi connectivity index (χ1v) is 6.15. The summed E-state index contributed by atoms with van der Waals surface area (Å²) >= 11 is 6.11. The summed E-state index contributed by atoms with van der Waals surface area (Å²) in [6, 6.07) is 4.12. The Morgan fingerprint density at radius 1 is 1.31 bits per heavy atom. The molecule has 1 aromatic carbocycles. The molecule has 0 unspecified atom stereocenters. The van der Waals surface area contributed by atoms with Gasteiger partial charge in [0, 0.05) is 5.02 Å². The molecule has 2 nitrogen and oxygen atoms in total. The van der Waals surface area contributed by atoms with E-state index in [0.717, 1.165) is 29.4 Å². The molecular formula is C13H18ClNO. The monoisotopic (exact) mass is 239 g/mol. The fourth-order valence-electron chi connectivity index (χ4n) is 2.31. The van der Waals surface area contributed by atoms with Crippen LogP contribution in [0.15, 0.2) is 12.1 Å². The molecule has 1 N–H and O–H groups in total. The SMILES string of the molecule is COc1cc(Cl)c(C)cc1C1CCNCC1. The number of halogens is 1. The lowest BCUT2D eigenvalue weighted by Crippen LogP contribution is -2.26. The second-order valence-corrected chi connectivity index (χ2v) is 4.77. The molecule has 0 aliphatic carbocycles. The zero-order chi connectivity index (χ0) is 11.5. The molecule has 16 heavy (non-hydrogen) atoms. The second kappa shape index (κ2) is 5.07. The zero-order valence-electron chi connectivity index (χ0n) is 9.85. The quantitative estimate of drug-likeness (QED) is 0.856. The third-order valence-corrected chi connectivity index (χ3v) is 3.70. The molecule has 0 radical (unpaired) electrons. The van der Waals surface area contributed by atoms with E-state index in [9.17, 15) is 0 Å². The van der Waals surface area contributed by atoms with E-state index in [4.69, 9.17) is 16.3 Å². The molecule has 1 saturated heterocycles. The topological polar surface area (TPSA) is 21.3 Å². The summed E-state index contributed by atoms with van der Waals surface area (Å²) in [5.41, 5.74) is 2.45. The Hall–Kier alpha value is -0.730. The van der Waals surface area contributed by atoms with Crippen molar-refractivity contribution in [1.82, 2.24) is 5.32 Å². The lowest BCUT2D eigenvalue weighted by molar-refractivity contribution is 0.391. The van der Waals surface area contributed by atoms with Crippen molar-refractivity contribution in [2.45, 2.75) is 25.7 Å². The Balaban J connectivity index is 2.33. The first kappa shape index (κ1) is 11.7. The van der Waals surface area contributed by atoms with Crippen molar-refractivity contribution in [1.29, 1.82) is 0 Å². The van der Waals surface area contributed by atoms with Crippen LogP contribution >= 0.6 is 11.6 Å². The van der Waals surface area contributed by atoms with Crippen LogP contribution in [-0.2, 0) is 0 Å². The maximum absolute atomic E-state index is 6.11. The number of aryl methyl sites for hydroxylation is 1. The maximum Gasteiger partial charge on any atom is 0.123 e. The number of piperidine rings is 1. The standard InChI is InChI=1S/C13H18ClNO/c1-9-7-11(10-3-5-15-6-4-10)13(16-2)8-12(9)14/h7-8,10,15H,3-6H2,1-2H3. The van der Waals surface area contributed by atoms with Gasteiger partial charge in [-0.3, -0.25) is 0 Å². The number of rotatable bonds is 2. The van der Waals surface area contributed by atoms with Gasteiger partial charge in [0.15, 0.2) is 0 Å². The Kier molecular flexibility index (Phi) is 3.72. The van der Waals surface area contributed by atoms with Gasteiger partial charge in [0.1, 0.15) is 5.75 Å². The normalized spacial score (nSPS) is 17.4. The molecule has 1 aliphatic heterocycles. The second-order valence-electron chi connectivity index (χ2n) is 4.37. The molecule has 0 spiro atoms. The Labute approximate surface area is 102 Å². The highest BCUT2D eigenvalue weighted by Gasteiger charge is 2.19. The van der Waals surface area contributed by atoms with Crippen LogP contribution in [0.4, 0.5) is 0 Å². The summed E-state index contributed by atoms with van der Waals surface area (Å²) in [5, 5.41) is 4.17. The molecule has 0 atom stereocenters. The predicted octanol–water partition coefficient (Wildman–Crippen LogP) is 3.12. The van der Waals surface area contributed by atoms with Crippen LogP contribution in [0.2, 0.25) is 5.02 Å². The van der Waals surface area contributed by atoms with Crippen LogP contribution in [-0.4, -0.2) is 20.2 Å². The third kappa shape index (κ3) is 2.33. The summed E-state index contributed by atoms with van der Waals surface area (Å²) in [7, 11) is 1.71. The Morgan fingerprint density at radius 2 is 2.00 bits per heavy atom. The average Bonchev–Trinajstić information content (AvgIpc) is 2.33. The van der Waals surface area contributed by atoms with Crippen molar-refractivity contribution in [2.75, 3.05) is 20.2 Å². The van der Waals surface area contributed by atoms with Gasteiger partial charge in [-0.05, 0) is 56.0 Å². The summed E-state index contributed by atoms with van der Waals surface area (Å²) in [5.74, 6) is 1.54. The van der Waals surface area contributed by atoms with E-state index < -0.39 is 0 Å². The summed E-state index contributed by atoms with van der Waals surface area (Å²) < 4.78 is 5.43. The maximum atomic E-state index is 6.11. The van der Waals surface area contributed by atoms with E-state index >= 15 is 0 Å². The number of hydrogen-bond acceptors (Lipinski definition) is 2. The van der Waals surface area contributed by atoms with Crippen LogP contribution < -0.4 is 10.1 Å². The molecule has 88 valence electrons. The van der Waals surface area contributed by atoms with Gasteiger partial charge in [0.25, 0.3) is 0 Å². The molecule has 2 rings (SSSR count). The van der Waals surface area contributed by atoms with Crippen molar-refractivity contribution in [2.24, 2.45) is 0 Å². The van der Waals surface area contributed by atoms with Gasteiger partial charge in [-0.15, -0.1) is 0 Å². The van der Waals surface area contributed by atoms with E-state index in [1.165, 1.54) is 18.4 Å². The van der Waals surface area contributed by atoms with Crippen LogP contribution in [0.25, 0.3) is 0 Å². The van der Waals surface area contributed by atoms with Crippen molar-refractivity contribution in [3.8, 4) is 5.75 Å². The number of methoxy groups -OCH3 is 1. The molecule has 1 heterocycles. The molecule has 1 fully saturated rings. The molecular weight excluding hydrogens is 222 g/mol. The lowest BCUT2D eigenvalue weighted by Gasteiger charge is -2.25. The fourth-order valence-corrected chi connectivity index (χ4v) is 2.47. The average molecular weight is 240 g/mol. The smallest absolute Gasteiger partial charge is 0.123 e. The van der Waals surface area contributed by atoms with Gasteiger partial charge in [0.2, 0.25) is 0 Å². The molecule has 1 aliphatic rings. The van der Waals surface area contributed by atoms with E-state index in [-0.39, 0.29) is 0 Å². The first-order chi connectivity index (χ1) is 7.72. The minimum absolute atomic E-state index is 0.604. The van der Waals surface area contributed by atoms with Gasteiger partial charge in [-0.25, -0.2) is 0 Å². The van der Waals surface area contributed by atoms with E-state index in [2.05, 4.69) is 11.4 Å². The number of benzene rings is 1. The lowest BCUT2D eigenvalue weighted by atomic mass is 9.89. The molecule has 0 bridgehead atoms. The van der Waals surface area contributed by atoms with Crippen molar-refractivity contribution in [3.63, 3.8) is 0 Å². The van der Waals surface area contributed by atoms with Crippen LogP contribution in [0.1, 0.15) is 29.9 Å². The van der Waals surface area contributed by atoms with E-state index in [1.807, 2.05) is 13.0 Å². The van der Waals surface area contributed by atoms with Gasteiger partial charge >= 0.3 is 0 Å². The highest BCUT2D eigenvalue weighted by atomic mass is 35.5. The molecule has 0 saturated carbocycles. The predicted molar refractivity (Wildman–Crippen MR) is 67.6 cm³/mol. The molecule has 0 aromatic heterocycles. The fraction of sp³-hybridized carbons (Fsp3) is 0.538. The van der Waals surface area contributed by atoms with Crippen LogP contribution in [0.5, 0.6) is 5.75 Å². The molecule has 1 aromatic rings. The molecule has 0 amide bonds. The number of ether oxygens (including phenoxy) is 1. The summed E-state index contributed by atoms with van der Waals surface area (Å²) in [4.78, 5) is 0. The van der Waals surface area contributed by atoms with Crippen LogP contribution in [0, 0.1) is 6.92 Å². The van der Waals surface area contributed by atoms with Gasteiger partial charge < -0.3 is 10.1 Å². The van der Waals surface area contributed by atoms with Crippen molar-refractivity contribution in [3.05, 3.63) is 28.3 Å². The number of hydrogen-bond donors (Lipinski definition) is 1. The minimum atomic E-state index is 0.604. The van der Waals surface area contributed by atoms with E-state index in [1.54, 1.807) is 7.11 Å². The highest BCUT2D eigenvalue weighted by molar-refractivity contribution is 6.31. The third-order valence-electron chi connectivity index (χ3n) is 3.29. The largest absolute Gasteiger partial charge is 0.496 e. The van der Waals surface area contributed by atoms with Crippen LogP contribution in [0.3, 0.4) is 0 Å². The Morgan fingerprint density at radius 3 is 2.62 bits per heavy atom. The summed E-state index contributed by atoms with van der Waals surface area (Å²) in [6.07, 6.45) is 2.36. The number of nitrogens with one attached hydrogen (secondary N) is 1. The Bertz CT molecular complexity index is 372. The van der Waals surface area contributed by atoms with Crippen molar-refractivity contribution >= 4 is 11.6 Å². The first-order valence-electron chi connectivity index (χ1n) is 5.77. The summed E-state index contributed by atoms with van der Waals surface area (Å²) in [6.45, 7) is 4.23. The minimum Gasteiger partial charge on any atom is -0.496 e. The van der Waals surface area contributed by atoms with Gasteiger partial charge in [-0.1, -0.05) is 17.7 Å². The van der Waals surface area contributed by atoms with Gasteiger partial charge in [0.05, 0.1) is 7.11 Å². The zero-order valence-corrected chi connectivity index (χ0v) is 10.6. The highest BCUT2D eigenvalue weighted by Crippen LogP contribution is 2.35. The van der Waals surface area contributed by atoms with E-state index in [0.29, 0.717) is 5.92 Å². The van der Waals surface area contributed by atoms with Crippen molar-refractivity contribution < 1.29 is 4.74 Å². The molecule has 3 heteroatoms.